The maximum Gasteiger partial charge on any atom is 0.410 e. The van der Waals surface area contributed by atoms with Gasteiger partial charge in [-0.15, -0.1) is 0 Å². The van der Waals surface area contributed by atoms with Gasteiger partial charge in [0, 0.05) is 57.2 Å². The average molecular weight is 451 g/mol. The monoisotopic (exact) mass is 450 g/mol. The van der Waals surface area contributed by atoms with Crippen molar-refractivity contribution in [3.8, 4) is 11.6 Å². The first-order valence-electron chi connectivity index (χ1n) is 11.2. The summed E-state index contributed by atoms with van der Waals surface area (Å²) >= 11 is 0. The Labute approximate surface area is 193 Å². The molecule has 0 saturated carbocycles. The van der Waals surface area contributed by atoms with Crippen LogP contribution >= 0.6 is 0 Å². The number of ether oxygens (including phenoxy) is 2. The SMILES string of the molecule is CC(C)OC(=O)N1CCC(Oc2ccc(-n3ccc4cc(C(=O)N(C)C)ccc43)nc2)CC1. The zero-order valence-electron chi connectivity index (χ0n) is 19.5. The number of piperidine rings is 1. The van der Waals surface area contributed by atoms with E-state index in [1.165, 1.54) is 0 Å². The summed E-state index contributed by atoms with van der Waals surface area (Å²) in [6, 6.07) is 11.5. The third kappa shape index (κ3) is 5.10. The highest BCUT2D eigenvalue weighted by Crippen LogP contribution is 2.24. The molecule has 3 aromatic rings. The molecule has 1 fully saturated rings. The van der Waals surface area contributed by atoms with Crippen LogP contribution in [0.5, 0.6) is 5.75 Å². The normalized spacial score (nSPS) is 14.5. The van der Waals surface area contributed by atoms with Gasteiger partial charge in [0.1, 0.15) is 17.7 Å². The second-order valence-corrected chi connectivity index (χ2v) is 8.75. The van der Waals surface area contributed by atoms with Crippen molar-refractivity contribution < 1.29 is 19.1 Å². The van der Waals surface area contributed by atoms with Crippen LogP contribution in [0.3, 0.4) is 0 Å². The summed E-state index contributed by atoms with van der Waals surface area (Å²) in [5, 5.41) is 0.979. The molecule has 0 spiro atoms. The van der Waals surface area contributed by atoms with E-state index in [-0.39, 0.29) is 24.2 Å². The van der Waals surface area contributed by atoms with Gasteiger partial charge < -0.3 is 23.8 Å². The van der Waals surface area contributed by atoms with Crippen LogP contribution in [0, 0.1) is 0 Å². The lowest BCUT2D eigenvalue weighted by Gasteiger charge is -2.31. The number of fused-ring (bicyclic) bond motifs is 1. The van der Waals surface area contributed by atoms with Crippen molar-refractivity contribution in [3.63, 3.8) is 0 Å². The van der Waals surface area contributed by atoms with Crippen LogP contribution < -0.4 is 4.74 Å². The van der Waals surface area contributed by atoms with E-state index in [2.05, 4.69) is 4.98 Å². The smallest absolute Gasteiger partial charge is 0.410 e. The highest BCUT2D eigenvalue weighted by atomic mass is 16.6. The van der Waals surface area contributed by atoms with E-state index in [9.17, 15) is 9.59 Å². The summed E-state index contributed by atoms with van der Waals surface area (Å²) in [4.78, 5) is 32.1. The van der Waals surface area contributed by atoms with E-state index in [4.69, 9.17) is 9.47 Å². The van der Waals surface area contributed by atoms with E-state index in [0.29, 0.717) is 24.4 Å². The van der Waals surface area contributed by atoms with Gasteiger partial charge in [0.2, 0.25) is 0 Å². The molecule has 3 heterocycles. The van der Waals surface area contributed by atoms with Crippen molar-refractivity contribution in [1.82, 2.24) is 19.4 Å². The summed E-state index contributed by atoms with van der Waals surface area (Å²) in [5.41, 5.74) is 1.64. The molecular formula is C25H30N4O4. The fourth-order valence-electron chi connectivity index (χ4n) is 3.94. The maximum absolute atomic E-state index is 12.2. The molecule has 2 amide bonds. The number of hydrogen-bond acceptors (Lipinski definition) is 5. The second kappa shape index (κ2) is 9.52. The molecule has 4 rings (SSSR count). The van der Waals surface area contributed by atoms with Gasteiger partial charge in [-0.05, 0) is 50.2 Å². The van der Waals surface area contributed by atoms with Crippen molar-refractivity contribution in [2.24, 2.45) is 0 Å². The predicted molar refractivity (Wildman–Crippen MR) is 126 cm³/mol. The van der Waals surface area contributed by atoms with E-state index in [0.717, 1.165) is 29.6 Å². The van der Waals surface area contributed by atoms with Crippen molar-refractivity contribution in [2.45, 2.75) is 38.9 Å². The lowest BCUT2D eigenvalue weighted by atomic mass is 10.1. The van der Waals surface area contributed by atoms with Crippen molar-refractivity contribution in [2.75, 3.05) is 27.2 Å². The van der Waals surface area contributed by atoms with E-state index < -0.39 is 0 Å². The van der Waals surface area contributed by atoms with Gasteiger partial charge in [-0.25, -0.2) is 9.78 Å². The van der Waals surface area contributed by atoms with Gasteiger partial charge in [0.15, 0.2) is 0 Å². The molecular weight excluding hydrogens is 420 g/mol. The molecule has 8 nitrogen and oxygen atoms in total. The molecule has 8 heteroatoms. The minimum Gasteiger partial charge on any atom is -0.489 e. The Kier molecular flexibility index (Phi) is 6.53. The van der Waals surface area contributed by atoms with Crippen LogP contribution in [0.2, 0.25) is 0 Å². The van der Waals surface area contributed by atoms with Gasteiger partial charge >= 0.3 is 6.09 Å². The Bertz CT molecular complexity index is 1130. The molecule has 0 atom stereocenters. The molecule has 0 N–H and O–H groups in total. The number of aromatic nitrogens is 2. The molecule has 0 radical (unpaired) electrons. The molecule has 1 aromatic carbocycles. The fraction of sp³-hybridized carbons (Fsp3) is 0.400. The van der Waals surface area contributed by atoms with Crippen molar-refractivity contribution >= 4 is 22.9 Å². The lowest BCUT2D eigenvalue weighted by Crippen LogP contribution is -2.42. The van der Waals surface area contributed by atoms with Gasteiger partial charge in [-0.2, -0.15) is 0 Å². The molecule has 33 heavy (non-hydrogen) atoms. The number of pyridine rings is 1. The quantitative estimate of drug-likeness (QED) is 0.585. The van der Waals surface area contributed by atoms with Crippen LogP contribution in [-0.4, -0.2) is 70.7 Å². The third-order valence-electron chi connectivity index (χ3n) is 5.65. The molecule has 0 unspecified atom stereocenters. The molecule has 0 bridgehead atoms. The zero-order chi connectivity index (χ0) is 23.5. The first kappa shape index (κ1) is 22.6. The number of hydrogen-bond donors (Lipinski definition) is 0. The van der Waals surface area contributed by atoms with Gasteiger partial charge in [-0.3, -0.25) is 4.79 Å². The third-order valence-corrected chi connectivity index (χ3v) is 5.65. The zero-order valence-corrected chi connectivity index (χ0v) is 19.5. The van der Waals surface area contributed by atoms with Crippen molar-refractivity contribution in [1.29, 1.82) is 0 Å². The number of benzene rings is 1. The van der Waals surface area contributed by atoms with E-state index >= 15 is 0 Å². The molecule has 1 saturated heterocycles. The number of carbonyl (C=O) groups is 2. The van der Waals surface area contributed by atoms with Gasteiger partial charge in [-0.1, -0.05) is 0 Å². The largest absolute Gasteiger partial charge is 0.489 e. The Morgan fingerprint density at radius 3 is 2.48 bits per heavy atom. The Morgan fingerprint density at radius 2 is 1.85 bits per heavy atom. The van der Waals surface area contributed by atoms with Gasteiger partial charge in [0.25, 0.3) is 5.91 Å². The molecule has 1 aliphatic heterocycles. The Balaban J connectivity index is 1.39. The van der Waals surface area contributed by atoms with Crippen LogP contribution in [0.4, 0.5) is 4.79 Å². The highest BCUT2D eigenvalue weighted by Gasteiger charge is 2.25. The minimum atomic E-state index is -0.258. The fourth-order valence-corrected chi connectivity index (χ4v) is 3.94. The van der Waals surface area contributed by atoms with Crippen LogP contribution in [0.1, 0.15) is 37.0 Å². The summed E-state index contributed by atoms with van der Waals surface area (Å²) in [6.45, 7) is 4.94. The van der Waals surface area contributed by atoms with Crippen LogP contribution in [0.25, 0.3) is 16.7 Å². The number of carbonyl (C=O) groups excluding carboxylic acids is 2. The minimum absolute atomic E-state index is 0.0214. The number of amides is 2. The Hall–Kier alpha value is -3.55. The number of likely N-dealkylation sites (tertiary alicyclic amines) is 1. The second-order valence-electron chi connectivity index (χ2n) is 8.75. The summed E-state index contributed by atoms with van der Waals surface area (Å²) in [7, 11) is 3.49. The first-order valence-corrected chi connectivity index (χ1v) is 11.2. The standard InChI is InChI=1S/C25H30N4O4/c1-17(2)32-25(31)28-12-10-20(11-13-28)33-21-6-8-23(26-16-21)29-14-9-18-15-19(5-7-22(18)29)24(30)27(3)4/h5-9,14-17,20H,10-13H2,1-4H3. The molecule has 2 aromatic heterocycles. The van der Waals surface area contributed by atoms with Gasteiger partial charge in [0.05, 0.1) is 17.8 Å². The highest BCUT2D eigenvalue weighted by molar-refractivity contribution is 5.98. The topological polar surface area (TPSA) is 76.9 Å². The molecule has 174 valence electrons. The summed E-state index contributed by atoms with van der Waals surface area (Å²) in [5.74, 6) is 1.46. The summed E-state index contributed by atoms with van der Waals surface area (Å²) < 4.78 is 13.3. The Morgan fingerprint density at radius 1 is 1.09 bits per heavy atom. The lowest BCUT2D eigenvalue weighted by molar-refractivity contribution is 0.0516. The molecule has 0 aliphatic carbocycles. The van der Waals surface area contributed by atoms with Crippen LogP contribution in [-0.2, 0) is 4.74 Å². The van der Waals surface area contributed by atoms with Crippen LogP contribution in [0.15, 0.2) is 48.8 Å². The maximum atomic E-state index is 12.2. The van der Waals surface area contributed by atoms with E-state index in [1.54, 1.807) is 30.1 Å². The number of rotatable bonds is 5. The van der Waals surface area contributed by atoms with Crippen molar-refractivity contribution in [3.05, 3.63) is 54.4 Å². The van der Waals surface area contributed by atoms with E-state index in [1.807, 2.05) is 61.0 Å². The number of nitrogens with zero attached hydrogens (tertiary/aromatic N) is 4. The average Bonchev–Trinajstić information content (AvgIpc) is 3.22. The first-order chi connectivity index (χ1) is 15.8. The predicted octanol–water partition coefficient (Wildman–Crippen LogP) is 4.12. The molecule has 1 aliphatic rings. The summed E-state index contributed by atoms with van der Waals surface area (Å²) in [6.07, 6.45) is 4.85.